The Bertz CT molecular complexity index is 611. The van der Waals surface area contributed by atoms with Gasteiger partial charge in [0.05, 0.1) is 0 Å². The lowest BCUT2D eigenvalue weighted by atomic mass is 10.2. The van der Waals surface area contributed by atoms with E-state index in [1.54, 1.807) is 24.3 Å². The fourth-order valence-electron chi connectivity index (χ4n) is 1.31. The highest BCUT2D eigenvalue weighted by atomic mass is 16.2. The van der Waals surface area contributed by atoms with E-state index in [1.807, 2.05) is 0 Å². The normalized spacial score (nSPS) is 9.78. The number of aldehydes is 1. The van der Waals surface area contributed by atoms with Gasteiger partial charge in [-0.2, -0.15) is 5.10 Å². The van der Waals surface area contributed by atoms with Crippen LogP contribution < -0.4 is 10.9 Å². The van der Waals surface area contributed by atoms with Gasteiger partial charge in [-0.05, 0) is 30.3 Å². The molecule has 0 saturated heterocycles. The van der Waals surface area contributed by atoms with Crippen LogP contribution in [0.4, 0.5) is 5.69 Å². The van der Waals surface area contributed by atoms with Crippen LogP contribution in [0.25, 0.3) is 0 Å². The Balaban J connectivity index is 2.13. The number of H-pyrrole nitrogens is 1. The summed E-state index contributed by atoms with van der Waals surface area (Å²) in [5.41, 5.74) is 0.796. The lowest BCUT2D eigenvalue weighted by Gasteiger charge is -2.03. The zero-order chi connectivity index (χ0) is 13.0. The number of carbonyl (C=O) groups is 2. The first-order valence-electron chi connectivity index (χ1n) is 5.11. The van der Waals surface area contributed by atoms with E-state index in [0.717, 1.165) is 6.29 Å². The van der Waals surface area contributed by atoms with Crippen molar-refractivity contribution in [2.45, 2.75) is 0 Å². The second kappa shape index (κ2) is 5.05. The molecule has 0 aliphatic rings. The average molecular weight is 243 g/mol. The number of hydrogen-bond donors (Lipinski definition) is 2. The molecule has 0 aliphatic heterocycles. The summed E-state index contributed by atoms with van der Waals surface area (Å²) in [6, 6.07) is 8.93. The number of nitrogens with one attached hydrogen (secondary N) is 2. The van der Waals surface area contributed by atoms with E-state index in [4.69, 9.17) is 0 Å². The molecule has 1 amide bonds. The van der Waals surface area contributed by atoms with Crippen molar-refractivity contribution in [1.82, 2.24) is 10.2 Å². The molecule has 0 radical (unpaired) electrons. The molecule has 0 saturated carbocycles. The van der Waals surface area contributed by atoms with Gasteiger partial charge in [0.1, 0.15) is 12.0 Å². The summed E-state index contributed by atoms with van der Waals surface area (Å²) in [5, 5.41) is 8.36. The average Bonchev–Trinajstić information content (AvgIpc) is 2.40. The van der Waals surface area contributed by atoms with Crippen molar-refractivity contribution in [3.63, 3.8) is 0 Å². The monoisotopic (exact) mass is 243 g/mol. The third-order valence-electron chi connectivity index (χ3n) is 2.22. The van der Waals surface area contributed by atoms with E-state index in [9.17, 15) is 14.4 Å². The molecule has 0 bridgehead atoms. The lowest BCUT2D eigenvalue weighted by Crippen LogP contribution is -2.17. The summed E-state index contributed by atoms with van der Waals surface area (Å²) >= 11 is 0. The minimum absolute atomic E-state index is 0.106. The van der Waals surface area contributed by atoms with E-state index in [0.29, 0.717) is 11.3 Å². The molecule has 1 aromatic heterocycles. The highest BCUT2D eigenvalue weighted by molar-refractivity contribution is 6.02. The maximum absolute atomic E-state index is 11.7. The van der Waals surface area contributed by atoms with Crippen molar-refractivity contribution in [2.75, 3.05) is 5.32 Å². The topological polar surface area (TPSA) is 91.9 Å². The van der Waals surface area contributed by atoms with Crippen LogP contribution in [0.3, 0.4) is 0 Å². The molecule has 6 nitrogen and oxygen atoms in total. The van der Waals surface area contributed by atoms with Crippen molar-refractivity contribution >= 4 is 17.9 Å². The number of hydrogen-bond acceptors (Lipinski definition) is 4. The molecular weight excluding hydrogens is 234 g/mol. The van der Waals surface area contributed by atoms with Crippen LogP contribution in [0.1, 0.15) is 20.8 Å². The number of aromatic nitrogens is 2. The standard InChI is InChI=1S/C12H9N3O3/c16-7-8-1-3-9(4-2-8)13-12(18)10-5-6-11(17)15-14-10/h1-7H,(H,13,18)(H,15,17). The molecule has 0 atom stereocenters. The SMILES string of the molecule is O=Cc1ccc(NC(=O)c2ccc(=O)[nH]n2)cc1. The Kier molecular flexibility index (Phi) is 3.29. The second-order valence-corrected chi connectivity index (χ2v) is 3.50. The zero-order valence-corrected chi connectivity index (χ0v) is 9.21. The van der Waals surface area contributed by atoms with Crippen LogP contribution in [0, 0.1) is 0 Å². The van der Waals surface area contributed by atoms with Gasteiger partial charge in [0.15, 0.2) is 0 Å². The van der Waals surface area contributed by atoms with E-state index in [1.165, 1.54) is 12.1 Å². The number of aromatic amines is 1. The van der Waals surface area contributed by atoms with Gasteiger partial charge in [0, 0.05) is 17.3 Å². The fraction of sp³-hybridized carbons (Fsp3) is 0. The summed E-state index contributed by atoms with van der Waals surface area (Å²) in [4.78, 5) is 33.0. The predicted octanol–water partition coefficient (Wildman–Crippen LogP) is 0.835. The predicted molar refractivity (Wildman–Crippen MR) is 64.6 cm³/mol. The first kappa shape index (κ1) is 11.7. The number of nitrogens with zero attached hydrogens (tertiary/aromatic N) is 1. The fourth-order valence-corrected chi connectivity index (χ4v) is 1.31. The molecule has 90 valence electrons. The van der Waals surface area contributed by atoms with E-state index in [-0.39, 0.29) is 11.3 Å². The maximum Gasteiger partial charge on any atom is 0.276 e. The Hall–Kier alpha value is -2.76. The van der Waals surface area contributed by atoms with Gasteiger partial charge in [-0.3, -0.25) is 14.4 Å². The van der Waals surface area contributed by atoms with Gasteiger partial charge >= 0.3 is 0 Å². The Morgan fingerprint density at radius 3 is 2.44 bits per heavy atom. The largest absolute Gasteiger partial charge is 0.321 e. The number of amides is 1. The van der Waals surface area contributed by atoms with Crippen LogP contribution in [-0.2, 0) is 0 Å². The highest BCUT2D eigenvalue weighted by Gasteiger charge is 2.07. The van der Waals surface area contributed by atoms with Gasteiger partial charge in [-0.15, -0.1) is 0 Å². The Morgan fingerprint density at radius 2 is 1.89 bits per heavy atom. The molecule has 0 spiro atoms. The minimum Gasteiger partial charge on any atom is -0.321 e. The highest BCUT2D eigenvalue weighted by Crippen LogP contribution is 2.09. The van der Waals surface area contributed by atoms with Gasteiger partial charge in [0.25, 0.3) is 11.5 Å². The first-order chi connectivity index (χ1) is 8.69. The number of anilines is 1. The van der Waals surface area contributed by atoms with Crippen molar-refractivity contribution < 1.29 is 9.59 Å². The van der Waals surface area contributed by atoms with Crippen molar-refractivity contribution in [1.29, 1.82) is 0 Å². The Labute approximate surface area is 102 Å². The minimum atomic E-state index is -0.440. The smallest absolute Gasteiger partial charge is 0.276 e. The van der Waals surface area contributed by atoms with Gasteiger partial charge in [-0.1, -0.05) is 0 Å². The molecule has 0 aliphatic carbocycles. The summed E-state index contributed by atoms with van der Waals surface area (Å²) in [6.07, 6.45) is 0.717. The molecule has 2 rings (SSSR count). The third-order valence-corrected chi connectivity index (χ3v) is 2.22. The van der Waals surface area contributed by atoms with Crippen LogP contribution in [0.15, 0.2) is 41.2 Å². The van der Waals surface area contributed by atoms with Gasteiger partial charge in [0.2, 0.25) is 0 Å². The third kappa shape index (κ3) is 2.67. The summed E-state index contributed by atoms with van der Waals surface area (Å²) < 4.78 is 0. The maximum atomic E-state index is 11.7. The number of rotatable bonds is 3. The summed E-state index contributed by atoms with van der Waals surface area (Å²) in [6.45, 7) is 0. The summed E-state index contributed by atoms with van der Waals surface area (Å²) in [5.74, 6) is -0.440. The Morgan fingerprint density at radius 1 is 1.17 bits per heavy atom. The van der Waals surface area contributed by atoms with Crippen molar-refractivity contribution in [2.24, 2.45) is 0 Å². The van der Waals surface area contributed by atoms with Crippen LogP contribution in [0.5, 0.6) is 0 Å². The molecule has 0 unspecified atom stereocenters. The zero-order valence-electron chi connectivity index (χ0n) is 9.21. The molecule has 1 heterocycles. The molecule has 2 aromatic rings. The van der Waals surface area contributed by atoms with Crippen molar-refractivity contribution in [3.05, 3.63) is 58.0 Å². The first-order valence-corrected chi connectivity index (χ1v) is 5.11. The quantitative estimate of drug-likeness (QED) is 0.781. The van der Waals surface area contributed by atoms with E-state index < -0.39 is 5.91 Å². The molecule has 6 heteroatoms. The molecule has 1 aromatic carbocycles. The molecule has 18 heavy (non-hydrogen) atoms. The lowest BCUT2D eigenvalue weighted by molar-refractivity contribution is 0.102. The molecule has 0 fully saturated rings. The molecule has 2 N–H and O–H groups in total. The molecular formula is C12H9N3O3. The van der Waals surface area contributed by atoms with Crippen LogP contribution in [0.2, 0.25) is 0 Å². The number of benzene rings is 1. The van der Waals surface area contributed by atoms with E-state index >= 15 is 0 Å². The van der Waals surface area contributed by atoms with Gasteiger partial charge < -0.3 is 5.32 Å². The van der Waals surface area contributed by atoms with Crippen molar-refractivity contribution in [3.8, 4) is 0 Å². The number of carbonyl (C=O) groups excluding carboxylic acids is 2. The summed E-state index contributed by atoms with van der Waals surface area (Å²) in [7, 11) is 0. The second-order valence-electron chi connectivity index (χ2n) is 3.50. The van der Waals surface area contributed by atoms with Crippen LogP contribution in [-0.4, -0.2) is 22.4 Å². The van der Waals surface area contributed by atoms with E-state index in [2.05, 4.69) is 15.5 Å². The van der Waals surface area contributed by atoms with Gasteiger partial charge in [-0.25, -0.2) is 5.10 Å². The van der Waals surface area contributed by atoms with Crippen LogP contribution >= 0.6 is 0 Å².